The maximum Gasteiger partial charge on any atom is 0.309 e. The Labute approximate surface area is 102 Å². The number of nitrogens with two attached hydrogens (primary N) is 1. The number of hydrogen-bond acceptors (Lipinski definition) is 4. The fourth-order valence-electron chi connectivity index (χ4n) is 1.70. The predicted octanol–water partition coefficient (Wildman–Crippen LogP) is 0.793. The van der Waals surface area contributed by atoms with Crippen LogP contribution in [0.1, 0.15) is 11.1 Å². The summed E-state index contributed by atoms with van der Waals surface area (Å²) in [7, 11) is 3.42. The van der Waals surface area contributed by atoms with E-state index in [-0.39, 0.29) is 5.97 Å². The third kappa shape index (κ3) is 4.54. The molecule has 0 fully saturated rings. The van der Waals surface area contributed by atoms with E-state index in [1.165, 1.54) is 7.11 Å². The molecule has 0 saturated heterocycles. The Kier molecular flexibility index (Phi) is 5.66. The number of esters is 1. The quantitative estimate of drug-likeness (QED) is 0.742. The number of nitrogens with zero attached hydrogens (tertiary/aromatic N) is 1. The van der Waals surface area contributed by atoms with Crippen LogP contribution in [0.2, 0.25) is 0 Å². The summed E-state index contributed by atoms with van der Waals surface area (Å²) in [5, 5.41) is 0. The van der Waals surface area contributed by atoms with Crippen LogP contribution in [0.4, 0.5) is 0 Å². The summed E-state index contributed by atoms with van der Waals surface area (Å²) in [5.74, 6) is -0.209. The first-order valence-electron chi connectivity index (χ1n) is 5.69. The van der Waals surface area contributed by atoms with Crippen LogP contribution in [0.5, 0.6) is 0 Å². The van der Waals surface area contributed by atoms with E-state index in [0.717, 1.165) is 24.2 Å². The van der Waals surface area contributed by atoms with E-state index in [1.54, 1.807) is 0 Å². The topological polar surface area (TPSA) is 55.6 Å². The molecule has 4 nitrogen and oxygen atoms in total. The van der Waals surface area contributed by atoms with Gasteiger partial charge in [0.1, 0.15) is 0 Å². The minimum absolute atomic E-state index is 0.209. The number of likely N-dealkylation sites (N-methyl/N-ethyl adjacent to an activating group) is 1. The van der Waals surface area contributed by atoms with Crippen LogP contribution < -0.4 is 5.73 Å². The van der Waals surface area contributed by atoms with Crippen molar-refractivity contribution in [2.24, 2.45) is 5.73 Å². The summed E-state index contributed by atoms with van der Waals surface area (Å²) in [5.41, 5.74) is 7.67. The van der Waals surface area contributed by atoms with E-state index in [0.29, 0.717) is 13.0 Å². The van der Waals surface area contributed by atoms with Gasteiger partial charge in [0.2, 0.25) is 0 Å². The van der Waals surface area contributed by atoms with Gasteiger partial charge in [0.25, 0.3) is 0 Å². The molecule has 4 heteroatoms. The van der Waals surface area contributed by atoms with Gasteiger partial charge in [0, 0.05) is 19.6 Å². The number of carbonyl (C=O) groups excluding carboxylic acids is 1. The van der Waals surface area contributed by atoms with Crippen molar-refractivity contribution in [2.45, 2.75) is 13.0 Å². The van der Waals surface area contributed by atoms with E-state index in [9.17, 15) is 4.79 Å². The molecular weight excluding hydrogens is 216 g/mol. The third-order valence-electron chi connectivity index (χ3n) is 2.63. The van der Waals surface area contributed by atoms with Gasteiger partial charge in [-0.15, -0.1) is 0 Å². The van der Waals surface area contributed by atoms with Gasteiger partial charge in [-0.3, -0.25) is 4.79 Å². The van der Waals surface area contributed by atoms with Gasteiger partial charge in [-0.1, -0.05) is 24.3 Å². The van der Waals surface area contributed by atoms with E-state index in [4.69, 9.17) is 5.73 Å². The molecule has 1 rings (SSSR count). The largest absolute Gasteiger partial charge is 0.469 e. The number of carbonyl (C=O) groups is 1. The second-order valence-corrected chi connectivity index (χ2v) is 4.05. The summed E-state index contributed by atoms with van der Waals surface area (Å²) in [6.07, 6.45) is 0.323. The smallest absolute Gasteiger partial charge is 0.309 e. The standard InChI is InChI=1S/C13H20N2O2/c1-15(8-7-14)10-12-6-4-3-5-11(12)9-13(16)17-2/h3-6H,7-10,14H2,1-2H3. The molecule has 0 aliphatic heterocycles. The van der Waals surface area contributed by atoms with Crippen LogP contribution in [0, 0.1) is 0 Å². The van der Waals surface area contributed by atoms with Crippen LogP contribution in [-0.2, 0) is 22.5 Å². The van der Waals surface area contributed by atoms with E-state index in [2.05, 4.69) is 9.64 Å². The lowest BCUT2D eigenvalue weighted by Gasteiger charge is -2.17. The average molecular weight is 236 g/mol. The summed E-state index contributed by atoms with van der Waals surface area (Å²) in [6.45, 7) is 2.27. The Balaban J connectivity index is 2.73. The molecule has 94 valence electrons. The SMILES string of the molecule is COC(=O)Cc1ccccc1CN(C)CCN. The minimum Gasteiger partial charge on any atom is -0.469 e. The third-order valence-corrected chi connectivity index (χ3v) is 2.63. The molecule has 0 aliphatic rings. The van der Waals surface area contributed by atoms with Crippen LogP contribution in [0.25, 0.3) is 0 Å². The van der Waals surface area contributed by atoms with Gasteiger partial charge in [-0.2, -0.15) is 0 Å². The molecule has 0 aliphatic carbocycles. The van der Waals surface area contributed by atoms with Crippen molar-refractivity contribution in [2.75, 3.05) is 27.2 Å². The lowest BCUT2D eigenvalue weighted by atomic mass is 10.0. The molecule has 2 N–H and O–H groups in total. The Morgan fingerprint density at radius 3 is 2.59 bits per heavy atom. The number of methoxy groups -OCH3 is 1. The second kappa shape index (κ2) is 7.04. The van der Waals surface area contributed by atoms with Gasteiger partial charge in [-0.25, -0.2) is 0 Å². The van der Waals surface area contributed by atoms with Crippen molar-refractivity contribution in [1.29, 1.82) is 0 Å². The van der Waals surface area contributed by atoms with Crippen molar-refractivity contribution >= 4 is 5.97 Å². The molecule has 0 atom stereocenters. The zero-order chi connectivity index (χ0) is 12.7. The Morgan fingerprint density at radius 2 is 2.00 bits per heavy atom. The maximum absolute atomic E-state index is 11.3. The van der Waals surface area contributed by atoms with Gasteiger partial charge in [0.15, 0.2) is 0 Å². The van der Waals surface area contributed by atoms with E-state index < -0.39 is 0 Å². The lowest BCUT2D eigenvalue weighted by molar-refractivity contribution is -0.139. The monoisotopic (exact) mass is 236 g/mol. The zero-order valence-corrected chi connectivity index (χ0v) is 10.5. The molecule has 1 aromatic carbocycles. The molecule has 0 radical (unpaired) electrons. The first-order valence-corrected chi connectivity index (χ1v) is 5.69. The van der Waals surface area contributed by atoms with Crippen molar-refractivity contribution in [3.05, 3.63) is 35.4 Å². The first kappa shape index (κ1) is 13.7. The summed E-state index contributed by atoms with van der Waals surface area (Å²) < 4.78 is 4.69. The van der Waals surface area contributed by atoms with Crippen LogP contribution in [0.3, 0.4) is 0 Å². The van der Waals surface area contributed by atoms with Gasteiger partial charge in [0.05, 0.1) is 13.5 Å². The highest BCUT2D eigenvalue weighted by Crippen LogP contribution is 2.12. The van der Waals surface area contributed by atoms with Crippen molar-refractivity contribution in [3.63, 3.8) is 0 Å². The Morgan fingerprint density at radius 1 is 1.35 bits per heavy atom. The molecule has 0 saturated carbocycles. The number of hydrogen-bond donors (Lipinski definition) is 1. The molecule has 0 spiro atoms. The van der Waals surface area contributed by atoms with Crippen molar-refractivity contribution < 1.29 is 9.53 Å². The molecule has 1 aromatic rings. The fraction of sp³-hybridized carbons (Fsp3) is 0.462. The van der Waals surface area contributed by atoms with Gasteiger partial charge >= 0.3 is 5.97 Å². The number of ether oxygens (including phenoxy) is 1. The summed E-state index contributed by atoms with van der Waals surface area (Å²) in [4.78, 5) is 13.4. The van der Waals surface area contributed by atoms with Gasteiger partial charge < -0.3 is 15.4 Å². The lowest BCUT2D eigenvalue weighted by Crippen LogP contribution is -2.25. The highest BCUT2D eigenvalue weighted by molar-refractivity contribution is 5.72. The molecule has 17 heavy (non-hydrogen) atoms. The van der Waals surface area contributed by atoms with E-state index >= 15 is 0 Å². The molecule has 0 amide bonds. The second-order valence-electron chi connectivity index (χ2n) is 4.05. The molecule has 0 aromatic heterocycles. The average Bonchev–Trinajstić information content (AvgIpc) is 2.31. The maximum atomic E-state index is 11.3. The highest BCUT2D eigenvalue weighted by atomic mass is 16.5. The van der Waals surface area contributed by atoms with Crippen LogP contribution in [-0.4, -0.2) is 38.1 Å². The molecule has 0 bridgehead atoms. The van der Waals surface area contributed by atoms with Gasteiger partial charge in [-0.05, 0) is 18.2 Å². The zero-order valence-electron chi connectivity index (χ0n) is 10.5. The normalized spacial score (nSPS) is 10.6. The predicted molar refractivity (Wildman–Crippen MR) is 67.6 cm³/mol. The number of benzene rings is 1. The fourth-order valence-corrected chi connectivity index (χ4v) is 1.70. The van der Waals surface area contributed by atoms with Crippen LogP contribution >= 0.6 is 0 Å². The van der Waals surface area contributed by atoms with Crippen molar-refractivity contribution in [3.8, 4) is 0 Å². The molecular formula is C13H20N2O2. The Hall–Kier alpha value is -1.39. The van der Waals surface area contributed by atoms with Crippen LogP contribution in [0.15, 0.2) is 24.3 Å². The van der Waals surface area contributed by atoms with E-state index in [1.807, 2.05) is 31.3 Å². The number of rotatable bonds is 6. The summed E-state index contributed by atoms with van der Waals surface area (Å²) in [6, 6.07) is 7.91. The summed E-state index contributed by atoms with van der Waals surface area (Å²) >= 11 is 0. The first-order chi connectivity index (χ1) is 8.17. The minimum atomic E-state index is -0.209. The Bertz CT molecular complexity index is 366. The molecule has 0 heterocycles. The molecule has 0 unspecified atom stereocenters. The van der Waals surface area contributed by atoms with Crippen molar-refractivity contribution in [1.82, 2.24) is 4.90 Å². The highest BCUT2D eigenvalue weighted by Gasteiger charge is 2.09.